The lowest BCUT2D eigenvalue weighted by Gasteiger charge is -2.34. The van der Waals surface area contributed by atoms with Crippen LogP contribution < -0.4 is 19.7 Å². The first-order valence-corrected chi connectivity index (χ1v) is 12.1. The molecule has 0 aliphatic carbocycles. The Bertz CT molecular complexity index is 1240. The molecule has 1 unspecified atom stereocenters. The Hall–Kier alpha value is -3.97. The Morgan fingerprint density at radius 2 is 1.92 bits per heavy atom. The number of hydrogen-bond acceptors (Lipinski definition) is 9. The van der Waals surface area contributed by atoms with Gasteiger partial charge in [-0.2, -0.15) is 10.2 Å². The smallest absolute Gasteiger partial charge is 0.266 e. The zero-order chi connectivity index (χ0) is 25.1. The lowest BCUT2D eigenvalue weighted by molar-refractivity contribution is -0.123. The summed E-state index contributed by atoms with van der Waals surface area (Å²) in [5.41, 5.74) is 1.22. The topological polar surface area (TPSA) is 117 Å². The molecular weight excluding hydrogens is 462 g/mol. The molecule has 3 aromatic rings. The highest BCUT2D eigenvalue weighted by Crippen LogP contribution is 2.34. The van der Waals surface area contributed by atoms with E-state index in [0.29, 0.717) is 63.3 Å². The van der Waals surface area contributed by atoms with Gasteiger partial charge in [0.25, 0.3) is 5.89 Å². The fourth-order valence-corrected chi connectivity index (χ4v) is 4.52. The van der Waals surface area contributed by atoms with Gasteiger partial charge in [-0.15, -0.1) is 0 Å². The normalized spacial score (nSPS) is 16.6. The summed E-state index contributed by atoms with van der Waals surface area (Å²) < 4.78 is 22.5. The molecule has 1 amide bonds. The van der Waals surface area contributed by atoms with Crippen molar-refractivity contribution in [2.75, 3.05) is 50.8 Å². The number of ether oxygens (including phenoxy) is 2. The summed E-state index contributed by atoms with van der Waals surface area (Å²) in [5.74, 6) is 2.82. The Morgan fingerprint density at radius 3 is 2.61 bits per heavy atom. The molecule has 5 rings (SSSR count). The van der Waals surface area contributed by atoms with Gasteiger partial charge in [0.15, 0.2) is 17.3 Å². The van der Waals surface area contributed by atoms with Crippen LogP contribution in [0.1, 0.15) is 31.1 Å². The maximum absolute atomic E-state index is 13.0. The number of carbonyl (C=O) groups excluding carboxylic acids is 1. The van der Waals surface area contributed by atoms with E-state index in [0.717, 1.165) is 11.3 Å². The molecule has 10 heteroatoms. The number of anilines is 1. The van der Waals surface area contributed by atoms with Crippen molar-refractivity contribution in [1.29, 1.82) is 5.26 Å². The van der Waals surface area contributed by atoms with Gasteiger partial charge >= 0.3 is 0 Å². The third-order valence-corrected chi connectivity index (χ3v) is 6.38. The number of rotatable bonds is 7. The lowest BCUT2D eigenvalue weighted by Crippen LogP contribution is -2.50. The van der Waals surface area contributed by atoms with Crippen molar-refractivity contribution >= 4 is 11.8 Å². The van der Waals surface area contributed by atoms with Crippen LogP contribution in [-0.4, -0.2) is 61.7 Å². The molecule has 2 aromatic heterocycles. The summed E-state index contributed by atoms with van der Waals surface area (Å²) in [6, 6.07) is 11.3. The number of nitrogens with one attached hydrogen (secondary N) is 1. The number of aromatic nitrogens is 1. The summed E-state index contributed by atoms with van der Waals surface area (Å²) in [6.45, 7) is 8.08. The number of nitrogens with zero attached hydrogens (tertiary/aromatic N) is 4. The zero-order valence-electron chi connectivity index (χ0n) is 20.4. The van der Waals surface area contributed by atoms with Crippen molar-refractivity contribution in [1.82, 2.24) is 15.2 Å². The summed E-state index contributed by atoms with van der Waals surface area (Å²) in [5, 5.41) is 12.7. The van der Waals surface area contributed by atoms with Crippen LogP contribution in [0.15, 0.2) is 45.4 Å². The summed E-state index contributed by atoms with van der Waals surface area (Å²) in [7, 11) is 0. The number of oxazole rings is 1. The average molecular weight is 492 g/mol. The number of furan rings is 1. The highest BCUT2D eigenvalue weighted by Gasteiger charge is 2.27. The number of fused-ring (bicyclic) bond motifs is 1. The van der Waals surface area contributed by atoms with Gasteiger partial charge in [-0.25, -0.2) is 0 Å². The molecule has 188 valence electrons. The van der Waals surface area contributed by atoms with Crippen molar-refractivity contribution < 1.29 is 23.1 Å². The van der Waals surface area contributed by atoms with E-state index in [1.54, 1.807) is 12.1 Å². The molecule has 2 aliphatic heterocycles. The van der Waals surface area contributed by atoms with E-state index in [2.05, 4.69) is 35.1 Å². The molecule has 1 saturated heterocycles. The van der Waals surface area contributed by atoms with Gasteiger partial charge in [0.1, 0.15) is 19.3 Å². The van der Waals surface area contributed by atoms with Gasteiger partial charge in [0, 0.05) is 26.2 Å². The van der Waals surface area contributed by atoms with Crippen LogP contribution in [-0.2, 0) is 4.79 Å². The Kier molecular flexibility index (Phi) is 6.82. The van der Waals surface area contributed by atoms with Crippen molar-refractivity contribution in [2.45, 2.75) is 19.9 Å². The van der Waals surface area contributed by atoms with E-state index in [1.165, 1.54) is 6.26 Å². The Morgan fingerprint density at radius 1 is 1.14 bits per heavy atom. The highest BCUT2D eigenvalue weighted by atomic mass is 16.6. The van der Waals surface area contributed by atoms with Crippen LogP contribution in [0.5, 0.6) is 11.5 Å². The van der Waals surface area contributed by atoms with Crippen molar-refractivity contribution in [3.8, 4) is 29.2 Å². The second-order valence-corrected chi connectivity index (χ2v) is 9.22. The number of carbonyl (C=O) groups is 1. The van der Waals surface area contributed by atoms with Gasteiger partial charge in [0.2, 0.25) is 17.5 Å². The summed E-state index contributed by atoms with van der Waals surface area (Å²) in [6.07, 6.45) is 1.53. The van der Waals surface area contributed by atoms with Crippen LogP contribution in [0.3, 0.4) is 0 Å². The molecule has 1 atom stereocenters. The second-order valence-electron chi connectivity index (χ2n) is 9.22. The number of nitriles is 1. The molecular formula is C26H29N5O5. The van der Waals surface area contributed by atoms with Crippen LogP contribution >= 0.6 is 0 Å². The van der Waals surface area contributed by atoms with Gasteiger partial charge in [-0.3, -0.25) is 9.69 Å². The standard InChI is InChI=1S/C26H29N5O5/c1-17(2)24(18-5-6-20-22(14-18)35-13-12-34-20)29-23(32)16-30-7-9-31(10-8-30)26-19(15-27)28-25(36-26)21-4-3-11-33-21/h3-6,11,14,17,24H,7-10,12-13,16H2,1-2H3,(H,29,32). The summed E-state index contributed by atoms with van der Waals surface area (Å²) in [4.78, 5) is 21.3. The number of amides is 1. The molecule has 10 nitrogen and oxygen atoms in total. The van der Waals surface area contributed by atoms with E-state index in [4.69, 9.17) is 18.3 Å². The first-order valence-electron chi connectivity index (χ1n) is 12.1. The molecule has 1 N–H and O–H groups in total. The van der Waals surface area contributed by atoms with Crippen LogP contribution in [0.4, 0.5) is 5.88 Å². The third-order valence-electron chi connectivity index (χ3n) is 6.38. The highest BCUT2D eigenvalue weighted by molar-refractivity contribution is 5.78. The fourth-order valence-electron chi connectivity index (χ4n) is 4.52. The summed E-state index contributed by atoms with van der Waals surface area (Å²) >= 11 is 0. The molecule has 36 heavy (non-hydrogen) atoms. The molecule has 0 radical (unpaired) electrons. The Balaban J connectivity index is 1.18. The Labute approximate surface area is 209 Å². The van der Waals surface area contributed by atoms with Crippen molar-refractivity contribution in [2.24, 2.45) is 5.92 Å². The number of benzene rings is 1. The quantitative estimate of drug-likeness (QED) is 0.532. The molecule has 2 aliphatic rings. The van der Waals surface area contributed by atoms with Gasteiger partial charge in [0.05, 0.1) is 18.8 Å². The first-order chi connectivity index (χ1) is 17.5. The third kappa shape index (κ3) is 5.02. The van der Waals surface area contributed by atoms with Crippen LogP contribution in [0.2, 0.25) is 0 Å². The predicted octanol–water partition coefficient (Wildman–Crippen LogP) is 3.21. The van der Waals surface area contributed by atoms with Crippen molar-refractivity contribution in [3.63, 3.8) is 0 Å². The van der Waals surface area contributed by atoms with E-state index >= 15 is 0 Å². The SMILES string of the molecule is CC(C)C(NC(=O)CN1CCN(c2oc(-c3ccco3)nc2C#N)CC1)c1ccc2c(c1)OCCO2. The van der Waals surface area contributed by atoms with Gasteiger partial charge in [-0.1, -0.05) is 19.9 Å². The minimum atomic E-state index is -0.137. The number of piperazine rings is 1. The van der Waals surface area contributed by atoms with E-state index in [9.17, 15) is 10.1 Å². The average Bonchev–Trinajstić information content (AvgIpc) is 3.57. The predicted molar refractivity (Wildman–Crippen MR) is 131 cm³/mol. The molecule has 0 saturated carbocycles. The molecule has 0 bridgehead atoms. The van der Waals surface area contributed by atoms with Crippen LogP contribution in [0.25, 0.3) is 11.7 Å². The molecule has 1 aromatic carbocycles. The lowest BCUT2D eigenvalue weighted by atomic mass is 9.95. The van der Waals surface area contributed by atoms with E-state index in [1.807, 2.05) is 23.1 Å². The van der Waals surface area contributed by atoms with Crippen molar-refractivity contribution in [3.05, 3.63) is 47.9 Å². The first kappa shape index (κ1) is 23.8. The molecule has 1 fully saturated rings. The largest absolute Gasteiger partial charge is 0.486 e. The van der Waals surface area contributed by atoms with E-state index < -0.39 is 0 Å². The van der Waals surface area contributed by atoms with Gasteiger partial charge < -0.3 is 28.5 Å². The monoisotopic (exact) mass is 491 g/mol. The zero-order valence-corrected chi connectivity index (χ0v) is 20.4. The second kappa shape index (κ2) is 10.3. The maximum atomic E-state index is 13.0. The number of hydrogen-bond donors (Lipinski definition) is 1. The maximum Gasteiger partial charge on any atom is 0.266 e. The molecule has 4 heterocycles. The van der Waals surface area contributed by atoms with E-state index in [-0.39, 0.29) is 29.5 Å². The molecule has 0 spiro atoms. The fraction of sp³-hybridized carbons (Fsp3) is 0.423. The van der Waals surface area contributed by atoms with Gasteiger partial charge in [-0.05, 0) is 35.7 Å². The minimum absolute atomic E-state index is 0.0328. The minimum Gasteiger partial charge on any atom is -0.486 e. The van der Waals surface area contributed by atoms with Crippen LogP contribution in [0, 0.1) is 17.2 Å².